The SMILES string of the molecule is CCC(C)Nc1ccc(C(=O)O)c(O)c1. The molecule has 0 fully saturated rings. The van der Waals surface area contributed by atoms with E-state index in [-0.39, 0.29) is 11.3 Å². The molecule has 0 saturated carbocycles. The number of rotatable bonds is 4. The summed E-state index contributed by atoms with van der Waals surface area (Å²) in [4.78, 5) is 10.6. The van der Waals surface area contributed by atoms with Crippen LogP contribution in [-0.2, 0) is 0 Å². The van der Waals surface area contributed by atoms with E-state index in [9.17, 15) is 9.90 Å². The maximum absolute atomic E-state index is 10.6. The predicted octanol–water partition coefficient (Wildman–Crippen LogP) is 2.30. The lowest BCUT2D eigenvalue weighted by Gasteiger charge is -2.13. The molecule has 0 heterocycles. The van der Waals surface area contributed by atoms with Gasteiger partial charge in [0.05, 0.1) is 0 Å². The monoisotopic (exact) mass is 209 g/mol. The summed E-state index contributed by atoms with van der Waals surface area (Å²) in [5, 5.41) is 21.3. The number of carbonyl (C=O) groups is 1. The Morgan fingerprint density at radius 3 is 2.67 bits per heavy atom. The van der Waals surface area contributed by atoms with Crippen molar-refractivity contribution >= 4 is 11.7 Å². The van der Waals surface area contributed by atoms with Crippen molar-refractivity contribution in [3.05, 3.63) is 23.8 Å². The fourth-order valence-corrected chi connectivity index (χ4v) is 1.19. The average molecular weight is 209 g/mol. The number of hydrogen-bond donors (Lipinski definition) is 3. The standard InChI is InChI=1S/C11H15NO3/c1-3-7(2)12-8-4-5-9(11(14)15)10(13)6-8/h4-7,12-13H,3H2,1-2H3,(H,14,15). The van der Waals surface area contributed by atoms with E-state index in [0.717, 1.165) is 12.1 Å². The third-order valence-electron chi connectivity index (χ3n) is 2.25. The Morgan fingerprint density at radius 2 is 2.20 bits per heavy atom. The quantitative estimate of drug-likeness (QED) is 0.711. The summed E-state index contributed by atoms with van der Waals surface area (Å²) in [5.74, 6) is -1.33. The zero-order valence-electron chi connectivity index (χ0n) is 8.82. The highest BCUT2D eigenvalue weighted by atomic mass is 16.4. The van der Waals surface area contributed by atoms with Crippen LogP contribution < -0.4 is 5.32 Å². The van der Waals surface area contributed by atoms with E-state index < -0.39 is 5.97 Å². The van der Waals surface area contributed by atoms with Gasteiger partial charge in [-0.25, -0.2) is 4.79 Å². The van der Waals surface area contributed by atoms with Crippen LogP contribution in [-0.4, -0.2) is 22.2 Å². The van der Waals surface area contributed by atoms with Crippen LogP contribution in [0, 0.1) is 0 Å². The third kappa shape index (κ3) is 2.87. The van der Waals surface area contributed by atoms with Gasteiger partial charge in [0.25, 0.3) is 0 Å². The van der Waals surface area contributed by atoms with E-state index in [4.69, 9.17) is 5.11 Å². The third-order valence-corrected chi connectivity index (χ3v) is 2.25. The Balaban J connectivity index is 2.87. The molecule has 0 radical (unpaired) electrons. The number of carboxylic acid groups (broad SMARTS) is 1. The van der Waals surface area contributed by atoms with Crippen LogP contribution in [0.25, 0.3) is 0 Å². The molecular weight excluding hydrogens is 194 g/mol. The van der Waals surface area contributed by atoms with Gasteiger partial charge >= 0.3 is 5.97 Å². The molecule has 1 aromatic rings. The lowest BCUT2D eigenvalue weighted by Crippen LogP contribution is -2.13. The Hall–Kier alpha value is -1.71. The largest absolute Gasteiger partial charge is 0.507 e. The highest BCUT2D eigenvalue weighted by Crippen LogP contribution is 2.22. The number of aromatic carboxylic acids is 1. The summed E-state index contributed by atoms with van der Waals surface area (Å²) in [6.07, 6.45) is 0.960. The summed E-state index contributed by atoms with van der Waals surface area (Å²) in [6, 6.07) is 4.76. The van der Waals surface area contributed by atoms with Crippen molar-refractivity contribution in [2.75, 3.05) is 5.32 Å². The van der Waals surface area contributed by atoms with Crippen LogP contribution in [0.2, 0.25) is 0 Å². The molecular formula is C11H15NO3. The van der Waals surface area contributed by atoms with Crippen LogP contribution in [0.1, 0.15) is 30.6 Å². The van der Waals surface area contributed by atoms with E-state index >= 15 is 0 Å². The molecule has 82 valence electrons. The van der Waals surface area contributed by atoms with Gasteiger partial charge in [-0.3, -0.25) is 0 Å². The van der Waals surface area contributed by atoms with Crippen molar-refractivity contribution in [1.29, 1.82) is 0 Å². The predicted molar refractivity (Wildman–Crippen MR) is 58.4 cm³/mol. The molecule has 0 amide bonds. The van der Waals surface area contributed by atoms with Crippen molar-refractivity contribution in [3.8, 4) is 5.75 Å². The molecule has 0 aliphatic rings. The van der Waals surface area contributed by atoms with Crippen molar-refractivity contribution in [1.82, 2.24) is 0 Å². The van der Waals surface area contributed by atoms with Crippen LogP contribution >= 0.6 is 0 Å². The normalized spacial score (nSPS) is 12.1. The van der Waals surface area contributed by atoms with E-state index in [1.807, 2.05) is 13.8 Å². The smallest absolute Gasteiger partial charge is 0.339 e. The summed E-state index contributed by atoms with van der Waals surface area (Å²) in [5.41, 5.74) is 0.650. The zero-order valence-corrected chi connectivity index (χ0v) is 8.82. The highest BCUT2D eigenvalue weighted by molar-refractivity contribution is 5.91. The average Bonchev–Trinajstić information content (AvgIpc) is 2.17. The summed E-state index contributed by atoms with van der Waals surface area (Å²) in [7, 11) is 0. The number of benzene rings is 1. The maximum Gasteiger partial charge on any atom is 0.339 e. The molecule has 4 nitrogen and oxygen atoms in total. The molecule has 4 heteroatoms. The van der Waals surface area contributed by atoms with Crippen molar-refractivity contribution in [2.24, 2.45) is 0 Å². The Morgan fingerprint density at radius 1 is 1.53 bits per heavy atom. The second kappa shape index (κ2) is 4.68. The molecule has 3 N–H and O–H groups in total. The molecule has 0 bridgehead atoms. The molecule has 0 spiro atoms. The molecule has 0 saturated heterocycles. The maximum atomic E-state index is 10.6. The van der Waals surface area contributed by atoms with Gasteiger partial charge in [0.2, 0.25) is 0 Å². The van der Waals surface area contributed by atoms with Crippen LogP contribution in [0.3, 0.4) is 0 Å². The topological polar surface area (TPSA) is 69.6 Å². The molecule has 1 rings (SSSR count). The molecule has 1 aromatic carbocycles. The number of hydrogen-bond acceptors (Lipinski definition) is 3. The number of anilines is 1. The van der Waals surface area contributed by atoms with Gasteiger partial charge in [0.1, 0.15) is 11.3 Å². The van der Waals surface area contributed by atoms with E-state index in [0.29, 0.717) is 6.04 Å². The van der Waals surface area contributed by atoms with Gasteiger partial charge in [-0.15, -0.1) is 0 Å². The van der Waals surface area contributed by atoms with Crippen LogP contribution in [0.15, 0.2) is 18.2 Å². The number of nitrogens with one attached hydrogen (secondary N) is 1. The van der Waals surface area contributed by atoms with Gasteiger partial charge in [0.15, 0.2) is 0 Å². The molecule has 0 aliphatic heterocycles. The molecule has 1 atom stereocenters. The Labute approximate surface area is 88.6 Å². The van der Waals surface area contributed by atoms with E-state index in [1.54, 1.807) is 6.07 Å². The van der Waals surface area contributed by atoms with Gasteiger partial charge in [-0.1, -0.05) is 6.92 Å². The van der Waals surface area contributed by atoms with Crippen LogP contribution in [0.5, 0.6) is 5.75 Å². The Kier molecular flexibility index (Phi) is 3.55. The minimum atomic E-state index is -1.12. The van der Waals surface area contributed by atoms with Gasteiger partial charge in [-0.05, 0) is 25.5 Å². The fraction of sp³-hybridized carbons (Fsp3) is 0.364. The van der Waals surface area contributed by atoms with Crippen molar-refractivity contribution < 1.29 is 15.0 Å². The first-order chi connectivity index (χ1) is 7.04. The summed E-state index contributed by atoms with van der Waals surface area (Å²) < 4.78 is 0. The molecule has 1 unspecified atom stereocenters. The van der Waals surface area contributed by atoms with Gasteiger partial charge in [-0.2, -0.15) is 0 Å². The van der Waals surface area contributed by atoms with Crippen molar-refractivity contribution in [2.45, 2.75) is 26.3 Å². The van der Waals surface area contributed by atoms with Gasteiger partial charge in [0, 0.05) is 17.8 Å². The first kappa shape index (κ1) is 11.4. The number of phenols is 1. The lowest BCUT2D eigenvalue weighted by atomic mass is 10.1. The number of aromatic hydroxyl groups is 1. The molecule has 0 aromatic heterocycles. The van der Waals surface area contributed by atoms with E-state index in [2.05, 4.69) is 5.32 Å². The first-order valence-corrected chi connectivity index (χ1v) is 4.87. The van der Waals surface area contributed by atoms with Gasteiger partial charge < -0.3 is 15.5 Å². The fourth-order valence-electron chi connectivity index (χ4n) is 1.19. The first-order valence-electron chi connectivity index (χ1n) is 4.87. The molecule has 0 aliphatic carbocycles. The highest BCUT2D eigenvalue weighted by Gasteiger charge is 2.09. The minimum absolute atomic E-state index is 0.0790. The number of carboxylic acids is 1. The lowest BCUT2D eigenvalue weighted by molar-refractivity contribution is 0.0694. The second-order valence-electron chi connectivity index (χ2n) is 3.49. The van der Waals surface area contributed by atoms with Crippen LogP contribution in [0.4, 0.5) is 5.69 Å². The minimum Gasteiger partial charge on any atom is -0.507 e. The second-order valence-corrected chi connectivity index (χ2v) is 3.49. The summed E-state index contributed by atoms with van der Waals surface area (Å²) >= 11 is 0. The molecule has 15 heavy (non-hydrogen) atoms. The Bertz CT molecular complexity index is 363. The zero-order chi connectivity index (χ0) is 11.4. The van der Waals surface area contributed by atoms with E-state index in [1.165, 1.54) is 12.1 Å². The summed E-state index contributed by atoms with van der Waals surface area (Å²) in [6.45, 7) is 4.06. The van der Waals surface area contributed by atoms with Crippen molar-refractivity contribution in [3.63, 3.8) is 0 Å².